The van der Waals surface area contributed by atoms with Crippen molar-refractivity contribution in [3.63, 3.8) is 0 Å². The van der Waals surface area contributed by atoms with Crippen LogP contribution in [0, 0.1) is 0 Å². The fourth-order valence-electron chi connectivity index (χ4n) is 3.73. The molecule has 0 aliphatic rings. The van der Waals surface area contributed by atoms with E-state index in [1.807, 2.05) is 31.2 Å². The summed E-state index contributed by atoms with van der Waals surface area (Å²) in [6.45, 7) is 4.86. The lowest BCUT2D eigenvalue weighted by atomic mass is 10.1. The Labute approximate surface area is 224 Å². The van der Waals surface area contributed by atoms with Crippen molar-refractivity contribution in [3.8, 4) is 11.5 Å². The highest BCUT2D eigenvalue weighted by Gasteiger charge is 2.29. The Kier molecular flexibility index (Phi) is 10.7. The van der Waals surface area contributed by atoms with Crippen LogP contribution < -0.4 is 19.1 Å². The van der Waals surface area contributed by atoms with Crippen LogP contribution >= 0.6 is 11.6 Å². The van der Waals surface area contributed by atoms with Gasteiger partial charge >= 0.3 is 0 Å². The topological polar surface area (TPSA) is 84.9 Å². The number of aryl methyl sites for hydroxylation is 1. The first kappa shape index (κ1) is 28.3. The van der Waals surface area contributed by atoms with E-state index < -0.39 is 22.5 Å². The Morgan fingerprint density at radius 2 is 1.59 bits per heavy atom. The van der Waals surface area contributed by atoms with Crippen molar-refractivity contribution in [1.29, 1.82) is 0 Å². The van der Waals surface area contributed by atoms with Gasteiger partial charge in [-0.3, -0.25) is 9.10 Å². The maximum Gasteiger partial charge on any atom is 0.264 e. The van der Waals surface area contributed by atoms with Gasteiger partial charge in [0.25, 0.3) is 10.0 Å². The highest BCUT2D eigenvalue weighted by Crippen LogP contribution is 2.32. The molecule has 0 unspecified atom stereocenters. The van der Waals surface area contributed by atoms with Crippen molar-refractivity contribution in [2.75, 3.05) is 30.6 Å². The van der Waals surface area contributed by atoms with Crippen molar-refractivity contribution in [2.24, 2.45) is 0 Å². The summed E-state index contributed by atoms with van der Waals surface area (Å²) in [5, 5.41) is 3.27. The number of rotatable bonds is 14. The Morgan fingerprint density at radius 3 is 2.30 bits per heavy atom. The molecule has 0 heterocycles. The van der Waals surface area contributed by atoms with Crippen molar-refractivity contribution in [1.82, 2.24) is 5.32 Å². The number of sulfonamides is 1. The highest BCUT2D eigenvalue weighted by atomic mass is 35.5. The van der Waals surface area contributed by atoms with E-state index in [-0.39, 0.29) is 10.6 Å². The number of carbonyl (C=O) groups is 1. The van der Waals surface area contributed by atoms with Gasteiger partial charge in [0.15, 0.2) is 0 Å². The van der Waals surface area contributed by atoms with Gasteiger partial charge in [0.05, 0.1) is 23.8 Å². The summed E-state index contributed by atoms with van der Waals surface area (Å²) in [6, 6.07) is 20.5. The fourth-order valence-corrected chi connectivity index (χ4v) is 5.29. The maximum absolute atomic E-state index is 13.6. The molecule has 0 radical (unpaired) electrons. The molecule has 0 bridgehead atoms. The first-order chi connectivity index (χ1) is 17.9. The number of nitrogens with zero attached hydrogens (tertiary/aromatic N) is 1. The summed E-state index contributed by atoms with van der Waals surface area (Å²) in [6.07, 6.45) is 2.32. The summed E-state index contributed by atoms with van der Waals surface area (Å²) in [7, 11) is -4.08. The number of hydrogen-bond donors (Lipinski definition) is 1. The van der Waals surface area contributed by atoms with E-state index in [0.717, 1.165) is 28.5 Å². The van der Waals surface area contributed by atoms with Gasteiger partial charge < -0.3 is 14.8 Å². The minimum atomic E-state index is -4.08. The van der Waals surface area contributed by atoms with Crippen LogP contribution in [-0.4, -0.2) is 40.6 Å². The van der Waals surface area contributed by atoms with E-state index in [9.17, 15) is 13.2 Å². The minimum absolute atomic E-state index is 0.0275. The smallest absolute Gasteiger partial charge is 0.264 e. The standard InChI is InChI=1S/C28H33ClN2O5S/c1-3-20-36-26-13-7-5-10-22(26)11-9-19-30-28(32)21-31(25-12-6-8-14-27(25)35-4-2)37(33,34)24-17-15-23(29)16-18-24/h5-8,10,12-18H,3-4,9,11,19-21H2,1-2H3,(H,30,32). The molecular weight excluding hydrogens is 512 g/mol. The summed E-state index contributed by atoms with van der Waals surface area (Å²) in [4.78, 5) is 13.0. The molecule has 0 fully saturated rings. The summed E-state index contributed by atoms with van der Waals surface area (Å²) in [5.74, 6) is 0.807. The molecule has 0 saturated carbocycles. The molecule has 0 aliphatic heterocycles. The number of nitrogens with one attached hydrogen (secondary N) is 1. The van der Waals surface area contributed by atoms with Crippen LogP contribution in [0.15, 0.2) is 77.7 Å². The lowest BCUT2D eigenvalue weighted by molar-refractivity contribution is -0.119. The molecule has 1 N–H and O–H groups in total. The first-order valence-corrected chi connectivity index (χ1v) is 14.2. The number of para-hydroxylation sites is 3. The predicted octanol–water partition coefficient (Wildman–Crippen LogP) is 5.47. The largest absolute Gasteiger partial charge is 0.493 e. The Morgan fingerprint density at radius 1 is 0.919 bits per heavy atom. The van der Waals surface area contributed by atoms with Crippen LogP contribution in [0.5, 0.6) is 11.5 Å². The van der Waals surface area contributed by atoms with Crippen LogP contribution in [0.4, 0.5) is 5.69 Å². The van der Waals surface area contributed by atoms with E-state index in [1.54, 1.807) is 24.3 Å². The van der Waals surface area contributed by atoms with Crippen molar-refractivity contribution in [3.05, 3.63) is 83.4 Å². The van der Waals surface area contributed by atoms with Crippen LogP contribution in [0.1, 0.15) is 32.3 Å². The molecule has 7 nitrogen and oxygen atoms in total. The average Bonchev–Trinajstić information content (AvgIpc) is 2.90. The Balaban J connectivity index is 1.73. The molecule has 0 saturated heterocycles. The van der Waals surface area contributed by atoms with Crippen LogP contribution in [-0.2, 0) is 21.2 Å². The molecule has 0 aromatic heterocycles. The molecule has 3 aromatic rings. The molecule has 198 valence electrons. The van der Waals surface area contributed by atoms with Gasteiger partial charge in [-0.15, -0.1) is 0 Å². The molecule has 0 spiro atoms. The summed E-state index contributed by atoms with van der Waals surface area (Å²) in [5.41, 5.74) is 1.36. The molecule has 3 aromatic carbocycles. The van der Waals surface area contributed by atoms with Gasteiger partial charge in [0.2, 0.25) is 5.91 Å². The lowest BCUT2D eigenvalue weighted by Gasteiger charge is -2.26. The summed E-state index contributed by atoms with van der Waals surface area (Å²) < 4.78 is 39.8. The zero-order valence-electron chi connectivity index (χ0n) is 21.2. The number of amides is 1. The molecule has 37 heavy (non-hydrogen) atoms. The minimum Gasteiger partial charge on any atom is -0.493 e. The van der Waals surface area contributed by atoms with Gasteiger partial charge in [-0.05, 0) is 74.2 Å². The third-order valence-corrected chi connectivity index (χ3v) is 7.53. The summed E-state index contributed by atoms with van der Waals surface area (Å²) >= 11 is 5.96. The number of ether oxygens (including phenoxy) is 2. The third kappa shape index (κ3) is 7.87. The number of hydrogen-bond acceptors (Lipinski definition) is 5. The Bertz CT molecular complexity index is 1270. The Hall–Kier alpha value is -3.23. The second kappa shape index (κ2) is 13.9. The predicted molar refractivity (Wildman–Crippen MR) is 147 cm³/mol. The molecule has 3 rings (SSSR count). The van der Waals surface area contributed by atoms with Gasteiger partial charge in [0.1, 0.15) is 18.0 Å². The van der Waals surface area contributed by atoms with Crippen molar-refractivity contribution >= 4 is 33.2 Å². The van der Waals surface area contributed by atoms with Crippen LogP contribution in [0.25, 0.3) is 0 Å². The normalized spacial score (nSPS) is 11.1. The van der Waals surface area contributed by atoms with Gasteiger partial charge in [-0.25, -0.2) is 8.42 Å². The second-order valence-electron chi connectivity index (χ2n) is 8.28. The van der Waals surface area contributed by atoms with Crippen LogP contribution in [0.2, 0.25) is 5.02 Å². The van der Waals surface area contributed by atoms with Crippen molar-refractivity contribution in [2.45, 2.75) is 38.0 Å². The number of carbonyl (C=O) groups excluding carboxylic acids is 1. The number of benzene rings is 3. The zero-order chi connectivity index (χ0) is 26.7. The molecule has 0 aliphatic carbocycles. The first-order valence-electron chi connectivity index (χ1n) is 12.3. The van der Waals surface area contributed by atoms with E-state index in [4.69, 9.17) is 21.1 Å². The van der Waals surface area contributed by atoms with Gasteiger partial charge in [-0.2, -0.15) is 0 Å². The SMILES string of the molecule is CCCOc1ccccc1CCCNC(=O)CN(c1ccccc1OCC)S(=O)(=O)c1ccc(Cl)cc1. The number of anilines is 1. The fraction of sp³-hybridized carbons (Fsp3) is 0.321. The lowest BCUT2D eigenvalue weighted by Crippen LogP contribution is -2.41. The van der Waals surface area contributed by atoms with E-state index in [1.165, 1.54) is 24.3 Å². The van der Waals surface area contributed by atoms with Crippen molar-refractivity contribution < 1.29 is 22.7 Å². The average molecular weight is 545 g/mol. The number of halogens is 1. The molecule has 0 atom stereocenters. The monoisotopic (exact) mass is 544 g/mol. The molecule has 9 heteroatoms. The van der Waals surface area contributed by atoms with E-state index in [2.05, 4.69) is 12.2 Å². The maximum atomic E-state index is 13.6. The molecule has 1 amide bonds. The van der Waals surface area contributed by atoms with E-state index >= 15 is 0 Å². The van der Waals surface area contributed by atoms with Gasteiger partial charge in [-0.1, -0.05) is 48.9 Å². The highest BCUT2D eigenvalue weighted by molar-refractivity contribution is 7.92. The van der Waals surface area contributed by atoms with Crippen LogP contribution in [0.3, 0.4) is 0 Å². The van der Waals surface area contributed by atoms with E-state index in [0.29, 0.717) is 37.0 Å². The molecular formula is C28H33ClN2O5S. The zero-order valence-corrected chi connectivity index (χ0v) is 22.7. The second-order valence-corrected chi connectivity index (χ2v) is 10.6. The quantitative estimate of drug-likeness (QED) is 0.272. The third-order valence-electron chi connectivity index (χ3n) is 5.50. The van der Waals surface area contributed by atoms with Gasteiger partial charge in [0, 0.05) is 11.6 Å².